The van der Waals surface area contributed by atoms with Gasteiger partial charge in [0.1, 0.15) is 13.2 Å². The van der Waals surface area contributed by atoms with Crippen molar-refractivity contribution in [3.8, 4) is 0 Å². The van der Waals surface area contributed by atoms with Gasteiger partial charge in [-0.1, -0.05) is 271 Å². The van der Waals surface area contributed by atoms with E-state index >= 15 is 0 Å². The van der Waals surface area contributed by atoms with Gasteiger partial charge in [-0.2, -0.15) is 0 Å². The van der Waals surface area contributed by atoms with Crippen molar-refractivity contribution in [2.45, 2.75) is 264 Å². The maximum atomic E-state index is 12.8. The molecule has 0 aromatic carbocycles. The second-order valence-corrected chi connectivity index (χ2v) is 19.2. The highest BCUT2D eigenvalue weighted by Gasteiger charge is 2.19. The van der Waals surface area contributed by atoms with Gasteiger partial charge < -0.3 is 14.2 Å². The van der Waals surface area contributed by atoms with Crippen LogP contribution in [0.5, 0.6) is 0 Å². The third kappa shape index (κ3) is 56.7. The molecule has 0 aliphatic rings. The van der Waals surface area contributed by atoms with Gasteiger partial charge in [0, 0.05) is 12.8 Å². The topological polar surface area (TPSA) is 78.9 Å². The molecule has 0 fully saturated rings. The van der Waals surface area contributed by atoms with Crippen LogP contribution < -0.4 is 0 Å². The number of hydrogen-bond donors (Lipinski definition) is 0. The number of rotatable bonds is 52. The molecule has 0 saturated heterocycles. The molecule has 0 aliphatic heterocycles. The standard InChI is InChI=1S/C66H108O6/c1-4-7-10-13-16-19-22-25-27-28-29-30-31-32-33-34-35-36-37-38-40-41-44-47-50-53-56-59-65(68)71-62-63(61-70-64(67)58-55-52-49-46-43-24-21-18-15-12-9-6-3)72-66(69)60-57-54-51-48-45-42-39-26-23-20-17-14-11-8-5-2/h7-8,10-11,16-17,19-20,25-27,29-30,32-33,39,45,48,54,57,63H,4-6,9,12-15,18,21-24,28,31,34-38,40-44,46-47,49-53,55-56,58-62H2,1-3H3/b10-7-,11-8-,19-16-,20-17-,27-25-,30-29-,33-32-,39-26-,48-45-,57-54-. The Morgan fingerprint density at radius 2 is 0.583 bits per heavy atom. The molecule has 0 spiro atoms. The second-order valence-electron chi connectivity index (χ2n) is 19.2. The van der Waals surface area contributed by atoms with E-state index in [1.54, 1.807) is 6.08 Å². The third-order valence-corrected chi connectivity index (χ3v) is 12.2. The van der Waals surface area contributed by atoms with E-state index in [2.05, 4.69) is 130 Å². The van der Waals surface area contributed by atoms with Gasteiger partial charge in [0.05, 0.1) is 6.42 Å². The number of ether oxygens (including phenoxy) is 3. The first-order valence-corrected chi connectivity index (χ1v) is 29.5. The van der Waals surface area contributed by atoms with Crippen LogP contribution in [0.4, 0.5) is 0 Å². The molecule has 0 rings (SSSR count). The molecule has 0 bridgehead atoms. The number of carbonyl (C=O) groups excluding carboxylic acids is 3. The number of unbranched alkanes of at least 4 members (excludes halogenated alkanes) is 22. The fraction of sp³-hybridized carbons (Fsp3) is 0.652. The van der Waals surface area contributed by atoms with Gasteiger partial charge in [-0.05, 0) is 89.9 Å². The summed E-state index contributed by atoms with van der Waals surface area (Å²) in [4.78, 5) is 38.1. The van der Waals surface area contributed by atoms with E-state index in [-0.39, 0.29) is 31.6 Å². The largest absolute Gasteiger partial charge is 0.462 e. The Balaban J connectivity index is 4.35. The molecule has 0 aromatic rings. The summed E-state index contributed by atoms with van der Waals surface area (Å²) in [6.07, 6.45) is 82.2. The first-order chi connectivity index (χ1) is 35.5. The SMILES string of the molecule is CC/C=C\C/C=C\C/C=C\C/C=C\C/C=C\CCCCCCCCCCCCCC(=O)OCC(COC(=O)CCCCCCCCCCCCCC)OC(=O)C/C=C\C/C=C\C/C=C\C/C=C\C/C=C\CC. The fourth-order valence-corrected chi connectivity index (χ4v) is 7.90. The lowest BCUT2D eigenvalue weighted by Crippen LogP contribution is -2.30. The summed E-state index contributed by atoms with van der Waals surface area (Å²) in [6, 6.07) is 0. The van der Waals surface area contributed by atoms with Crippen molar-refractivity contribution in [3.63, 3.8) is 0 Å². The van der Waals surface area contributed by atoms with Crippen molar-refractivity contribution >= 4 is 17.9 Å². The minimum absolute atomic E-state index is 0.0944. The zero-order valence-electron chi connectivity index (χ0n) is 46.7. The van der Waals surface area contributed by atoms with Gasteiger partial charge in [-0.3, -0.25) is 14.4 Å². The van der Waals surface area contributed by atoms with Crippen LogP contribution in [0.1, 0.15) is 258 Å². The minimum atomic E-state index is -0.834. The van der Waals surface area contributed by atoms with Crippen LogP contribution in [0.25, 0.3) is 0 Å². The summed E-state index contributed by atoms with van der Waals surface area (Å²) in [5.41, 5.74) is 0. The first-order valence-electron chi connectivity index (χ1n) is 29.5. The Bertz CT molecular complexity index is 1520. The Morgan fingerprint density at radius 1 is 0.306 bits per heavy atom. The van der Waals surface area contributed by atoms with Gasteiger partial charge >= 0.3 is 17.9 Å². The monoisotopic (exact) mass is 997 g/mol. The van der Waals surface area contributed by atoms with E-state index in [0.29, 0.717) is 12.8 Å². The molecule has 72 heavy (non-hydrogen) atoms. The van der Waals surface area contributed by atoms with E-state index in [4.69, 9.17) is 14.2 Å². The molecule has 1 unspecified atom stereocenters. The Labute approximate surface area is 443 Å². The molecule has 0 heterocycles. The van der Waals surface area contributed by atoms with Crippen LogP contribution in [0.15, 0.2) is 122 Å². The molecule has 0 amide bonds. The van der Waals surface area contributed by atoms with Crippen molar-refractivity contribution < 1.29 is 28.6 Å². The number of allylic oxidation sites excluding steroid dienone is 19. The van der Waals surface area contributed by atoms with Crippen LogP contribution in [0.3, 0.4) is 0 Å². The molecular formula is C66H108O6. The molecule has 408 valence electrons. The average Bonchev–Trinajstić information content (AvgIpc) is 3.38. The third-order valence-electron chi connectivity index (χ3n) is 12.2. The summed E-state index contributed by atoms with van der Waals surface area (Å²) in [7, 11) is 0. The molecule has 0 N–H and O–H groups in total. The van der Waals surface area contributed by atoms with E-state index in [1.165, 1.54) is 116 Å². The Hall–Kier alpha value is -4.19. The van der Waals surface area contributed by atoms with Gasteiger partial charge in [-0.25, -0.2) is 0 Å². The van der Waals surface area contributed by atoms with E-state index < -0.39 is 12.1 Å². The molecule has 6 heteroatoms. The number of esters is 3. The zero-order valence-corrected chi connectivity index (χ0v) is 46.7. The molecule has 0 aromatic heterocycles. The first kappa shape index (κ1) is 67.8. The minimum Gasteiger partial charge on any atom is -0.462 e. The van der Waals surface area contributed by atoms with Gasteiger partial charge in [-0.15, -0.1) is 0 Å². The van der Waals surface area contributed by atoms with E-state index in [9.17, 15) is 14.4 Å². The van der Waals surface area contributed by atoms with E-state index in [1.807, 2.05) is 6.08 Å². The highest BCUT2D eigenvalue weighted by atomic mass is 16.6. The van der Waals surface area contributed by atoms with Crippen molar-refractivity contribution in [1.29, 1.82) is 0 Å². The Kier molecular flexibility index (Phi) is 55.9. The fourth-order valence-electron chi connectivity index (χ4n) is 7.90. The second kappa shape index (κ2) is 59.4. The van der Waals surface area contributed by atoms with Crippen LogP contribution in [0, 0.1) is 0 Å². The normalized spacial score (nSPS) is 13.0. The van der Waals surface area contributed by atoms with Crippen molar-refractivity contribution in [1.82, 2.24) is 0 Å². The smallest absolute Gasteiger partial charge is 0.310 e. The van der Waals surface area contributed by atoms with Crippen molar-refractivity contribution in [2.75, 3.05) is 13.2 Å². The number of hydrogen-bond acceptors (Lipinski definition) is 6. The summed E-state index contributed by atoms with van der Waals surface area (Å²) in [5, 5.41) is 0. The highest BCUT2D eigenvalue weighted by molar-refractivity contribution is 5.72. The maximum Gasteiger partial charge on any atom is 0.310 e. The number of carbonyl (C=O) groups is 3. The van der Waals surface area contributed by atoms with Crippen LogP contribution in [-0.4, -0.2) is 37.2 Å². The van der Waals surface area contributed by atoms with Crippen LogP contribution in [-0.2, 0) is 28.6 Å². The maximum absolute atomic E-state index is 12.8. The molecule has 6 nitrogen and oxygen atoms in total. The summed E-state index contributed by atoms with van der Waals surface area (Å²) in [5.74, 6) is -1.05. The summed E-state index contributed by atoms with van der Waals surface area (Å²) < 4.78 is 16.7. The summed E-state index contributed by atoms with van der Waals surface area (Å²) >= 11 is 0. The lowest BCUT2D eigenvalue weighted by Gasteiger charge is -2.18. The van der Waals surface area contributed by atoms with Crippen LogP contribution >= 0.6 is 0 Å². The van der Waals surface area contributed by atoms with Crippen molar-refractivity contribution in [3.05, 3.63) is 122 Å². The van der Waals surface area contributed by atoms with E-state index in [0.717, 1.165) is 103 Å². The van der Waals surface area contributed by atoms with Gasteiger partial charge in [0.15, 0.2) is 6.10 Å². The Morgan fingerprint density at radius 3 is 0.917 bits per heavy atom. The predicted molar refractivity (Wildman–Crippen MR) is 311 cm³/mol. The van der Waals surface area contributed by atoms with Crippen molar-refractivity contribution in [2.24, 2.45) is 0 Å². The summed E-state index contributed by atoms with van der Waals surface area (Å²) in [6.45, 7) is 6.32. The zero-order chi connectivity index (χ0) is 52.2. The molecule has 0 aliphatic carbocycles. The lowest BCUT2D eigenvalue weighted by atomic mass is 10.0. The molecular weight excluding hydrogens is 889 g/mol. The predicted octanol–water partition coefficient (Wildman–Crippen LogP) is 20.0. The molecule has 1 atom stereocenters. The lowest BCUT2D eigenvalue weighted by molar-refractivity contribution is -0.166. The van der Waals surface area contributed by atoms with Crippen LogP contribution in [0.2, 0.25) is 0 Å². The molecule has 0 saturated carbocycles. The average molecular weight is 998 g/mol. The van der Waals surface area contributed by atoms with Gasteiger partial charge in [0.25, 0.3) is 0 Å². The van der Waals surface area contributed by atoms with Gasteiger partial charge in [0.2, 0.25) is 0 Å². The quantitative estimate of drug-likeness (QED) is 0.0261. The highest BCUT2D eigenvalue weighted by Crippen LogP contribution is 2.15. The molecule has 0 radical (unpaired) electrons.